The molecule has 2 saturated carbocycles. The van der Waals surface area contributed by atoms with Crippen molar-refractivity contribution in [3.05, 3.63) is 0 Å². The van der Waals surface area contributed by atoms with Crippen molar-refractivity contribution in [2.45, 2.75) is 131 Å². The second-order valence-corrected chi connectivity index (χ2v) is 11.8. The third kappa shape index (κ3) is 5.66. The zero-order valence-electron chi connectivity index (χ0n) is 21.5. The molecule has 0 N–H and O–H groups in total. The van der Waals surface area contributed by atoms with E-state index >= 15 is 0 Å². The van der Waals surface area contributed by atoms with Crippen molar-refractivity contribution in [1.29, 1.82) is 0 Å². The van der Waals surface area contributed by atoms with Crippen molar-refractivity contribution < 1.29 is 19.1 Å². The van der Waals surface area contributed by atoms with E-state index in [1.54, 1.807) is 0 Å². The Balaban J connectivity index is 2.28. The van der Waals surface area contributed by atoms with Gasteiger partial charge in [-0.15, -0.1) is 0 Å². The normalized spacial score (nSPS) is 20.2. The average molecular weight is 437 g/mol. The molecule has 31 heavy (non-hydrogen) atoms. The van der Waals surface area contributed by atoms with E-state index in [0.717, 1.165) is 25.7 Å². The standard InChI is InChI=1S/C27H48O4/c1-19(2)27(20(3)4,23(28)30-25(5,6)21-15-11-9-12-16-21)24(29)31-26(7,8)22-17-13-10-14-18-22/h19-22H,9-18H2,1-8H3. The summed E-state index contributed by atoms with van der Waals surface area (Å²) >= 11 is 0. The third-order valence-corrected chi connectivity index (χ3v) is 8.39. The number of hydrogen-bond donors (Lipinski definition) is 0. The van der Waals surface area contributed by atoms with Crippen molar-refractivity contribution in [3.63, 3.8) is 0 Å². The van der Waals surface area contributed by atoms with Gasteiger partial charge in [-0.2, -0.15) is 0 Å². The molecule has 0 aliphatic heterocycles. The van der Waals surface area contributed by atoms with Crippen molar-refractivity contribution in [1.82, 2.24) is 0 Å². The molecule has 0 bridgehead atoms. The van der Waals surface area contributed by atoms with Crippen LogP contribution in [0.5, 0.6) is 0 Å². The largest absolute Gasteiger partial charge is 0.459 e. The van der Waals surface area contributed by atoms with Crippen LogP contribution in [-0.2, 0) is 19.1 Å². The van der Waals surface area contributed by atoms with Crippen LogP contribution in [0.3, 0.4) is 0 Å². The summed E-state index contributed by atoms with van der Waals surface area (Å²) in [6.45, 7) is 15.9. The van der Waals surface area contributed by atoms with E-state index in [2.05, 4.69) is 0 Å². The second kappa shape index (κ2) is 10.3. The maximum Gasteiger partial charge on any atom is 0.324 e. The Bertz CT molecular complexity index is 551. The first kappa shape index (κ1) is 26.2. The fraction of sp³-hybridized carbons (Fsp3) is 0.926. The molecule has 2 rings (SSSR count). The van der Waals surface area contributed by atoms with E-state index in [9.17, 15) is 9.59 Å². The molecular weight excluding hydrogens is 388 g/mol. The lowest BCUT2D eigenvalue weighted by Gasteiger charge is -2.44. The number of carbonyl (C=O) groups is 2. The Labute approximate surface area is 191 Å². The summed E-state index contributed by atoms with van der Waals surface area (Å²) in [5.74, 6) is -0.544. The zero-order chi connectivity index (χ0) is 23.4. The molecular formula is C27H48O4. The monoisotopic (exact) mass is 436 g/mol. The molecule has 2 aliphatic carbocycles. The van der Waals surface area contributed by atoms with E-state index < -0.39 is 28.6 Å². The summed E-state index contributed by atoms with van der Waals surface area (Å²) in [5.41, 5.74) is -2.45. The van der Waals surface area contributed by atoms with Gasteiger partial charge in [-0.3, -0.25) is 9.59 Å². The Kier molecular flexibility index (Phi) is 8.66. The lowest BCUT2D eigenvalue weighted by Crippen LogP contribution is -2.55. The summed E-state index contributed by atoms with van der Waals surface area (Å²) in [5, 5.41) is 0. The van der Waals surface area contributed by atoms with Crippen molar-refractivity contribution >= 4 is 11.9 Å². The Morgan fingerprint density at radius 2 is 0.903 bits per heavy atom. The molecule has 0 atom stereocenters. The van der Waals surface area contributed by atoms with Crippen LogP contribution in [0.4, 0.5) is 0 Å². The van der Waals surface area contributed by atoms with E-state index in [1.165, 1.54) is 38.5 Å². The van der Waals surface area contributed by atoms with Crippen LogP contribution in [0.25, 0.3) is 0 Å². The zero-order valence-corrected chi connectivity index (χ0v) is 21.5. The number of hydrogen-bond acceptors (Lipinski definition) is 4. The molecule has 0 radical (unpaired) electrons. The molecule has 4 heteroatoms. The molecule has 180 valence electrons. The highest BCUT2D eigenvalue weighted by atomic mass is 16.6. The van der Waals surface area contributed by atoms with Crippen molar-refractivity contribution in [3.8, 4) is 0 Å². The predicted molar refractivity (Wildman–Crippen MR) is 126 cm³/mol. The van der Waals surface area contributed by atoms with Crippen LogP contribution in [-0.4, -0.2) is 23.1 Å². The van der Waals surface area contributed by atoms with Gasteiger partial charge in [0.15, 0.2) is 5.41 Å². The van der Waals surface area contributed by atoms with Gasteiger partial charge in [-0.05, 0) is 77.0 Å². The van der Waals surface area contributed by atoms with Gasteiger partial charge in [0.25, 0.3) is 0 Å². The molecule has 0 heterocycles. The molecule has 0 unspecified atom stereocenters. The summed E-state index contributed by atoms with van der Waals surface area (Å²) < 4.78 is 12.4. The number of ether oxygens (including phenoxy) is 2. The third-order valence-electron chi connectivity index (χ3n) is 8.39. The van der Waals surface area contributed by atoms with Crippen molar-refractivity contribution in [2.75, 3.05) is 0 Å². The Morgan fingerprint density at radius 3 is 1.16 bits per heavy atom. The van der Waals surface area contributed by atoms with Crippen LogP contribution in [0.15, 0.2) is 0 Å². The van der Waals surface area contributed by atoms with Gasteiger partial charge >= 0.3 is 11.9 Å². The van der Waals surface area contributed by atoms with Crippen LogP contribution in [0.2, 0.25) is 0 Å². The molecule has 0 aromatic heterocycles. The second-order valence-electron chi connectivity index (χ2n) is 11.8. The summed E-state index contributed by atoms with van der Waals surface area (Å²) in [6, 6.07) is 0. The van der Waals surface area contributed by atoms with Gasteiger partial charge in [-0.25, -0.2) is 0 Å². The van der Waals surface area contributed by atoms with Crippen molar-refractivity contribution in [2.24, 2.45) is 29.1 Å². The Morgan fingerprint density at radius 1 is 0.613 bits per heavy atom. The van der Waals surface area contributed by atoms with E-state index in [-0.39, 0.29) is 11.8 Å². The molecule has 0 amide bonds. The minimum absolute atomic E-state index is 0.211. The smallest absolute Gasteiger partial charge is 0.324 e. The number of esters is 2. The lowest BCUT2D eigenvalue weighted by atomic mass is 9.68. The highest BCUT2D eigenvalue weighted by molar-refractivity contribution is 6.01. The fourth-order valence-corrected chi connectivity index (χ4v) is 6.10. The topological polar surface area (TPSA) is 52.6 Å². The first-order valence-electron chi connectivity index (χ1n) is 12.8. The molecule has 4 nitrogen and oxygen atoms in total. The highest BCUT2D eigenvalue weighted by Crippen LogP contribution is 2.44. The van der Waals surface area contributed by atoms with E-state index in [1.807, 2.05) is 55.4 Å². The predicted octanol–water partition coefficient (Wildman–Crippen LogP) is 7.09. The SMILES string of the molecule is CC(C)C(C(=O)OC(C)(C)C1CCCCC1)(C(=O)OC(C)(C)C1CCCCC1)C(C)C. The molecule has 2 aliphatic rings. The van der Waals surface area contributed by atoms with E-state index in [4.69, 9.17) is 9.47 Å². The summed E-state index contributed by atoms with van der Waals surface area (Å²) in [4.78, 5) is 27.6. The number of rotatable bonds is 8. The first-order chi connectivity index (χ1) is 14.4. The van der Waals surface area contributed by atoms with Gasteiger partial charge < -0.3 is 9.47 Å². The van der Waals surface area contributed by atoms with Gasteiger partial charge in [0, 0.05) is 0 Å². The minimum Gasteiger partial charge on any atom is -0.459 e. The van der Waals surface area contributed by atoms with Crippen LogP contribution < -0.4 is 0 Å². The summed E-state index contributed by atoms with van der Waals surface area (Å²) in [7, 11) is 0. The molecule has 0 aromatic carbocycles. The maximum absolute atomic E-state index is 13.8. The van der Waals surface area contributed by atoms with Crippen LogP contribution in [0.1, 0.15) is 120 Å². The van der Waals surface area contributed by atoms with E-state index in [0.29, 0.717) is 11.8 Å². The van der Waals surface area contributed by atoms with Crippen LogP contribution in [0, 0.1) is 29.1 Å². The molecule has 0 saturated heterocycles. The number of carbonyl (C=O) groups excluding carboxylic acids is 2. The Hall–Kier alpha value is -1.06. The van der Waals surface area contributed by atoms with Gasteiger partial charge in [0.1, 0.15) is 11.2 Å². The molecule has 0 spiro atoms. The van der Waals surface area contributed by atoms with Gasteiger partial charge in [0.05, 0.1) is 0 Å². The molecule has 2 fully saturated rings. The highest BCUT2D eigenvalue weighted by Gasteiger charge is 2.57. The van der Waals surface area contributed by atoms with Gasteiger partial charge in [0.2, 0.25) is 0 Å². The van der Waals surface area contributed by atoms with Crippen LogP contribution >= 0.6 is 0 Å². The van der Waals surface area contributed by atoms with Gasteiger partial charge in [-0.1, -0.05) is 66.2 Å². The fourth-order valence-electron chi connectivity index (χ4n) is 6.10. The minimum atomic E-state index is -1.29. The molecule has 0 aromatic rings. The first-order valence-corrected chi connectivity index (χ1v) is 12.8. The maximum atomic E-state index is 13.8. The average Bonchev–Trinajstić information content (AvgIpc) is 2.68. The lowest BCUT2D eigenvalue weighted by molar-refractivity contribution is -0.201. The quantitative estimate of drug-likeness (QED) is 0.301. The summed E-state index contributed by atoms with van der Waals surface area (Å²) in [6.07, 6.45) is 11.6.